The van der Waals surface area contributed by atoms with Crippen LogP contribution in [0, 0.1) is 0 Å². The zero-order valence-corrected chi connectivity index (χ0v) is 9.08. The Morgan fingerprint density at radius 3 is 2.60 bits per heavy atom. The lowest BCUT2D eigenvalue weighted by atomic mass is 9.86. The fourth-order valence-corrected chi connectivity index (χ4v) is 2.37. The lowest BCUT2D eigenvalue weighted by Gasteiger charge is -2.22. The zero-order valence-electron chi connectivity index (χ0n) is 9.08. The standard InChI is InChI=1S/C12H19N3/c13-7-9-6-11(14)12(15-8-9)10-4-2-1-3-5-10/h6,8,10H,1-5,7,13-14H2. The van der Waals surface area contributed by atoms with Gasteiger partial charge in [-0.15, -0.1) is 0 Å². The Balaban J connectivity index is 2.19. The zero-order chi connectivity index (χ0) is 10.7. The summed E-state index contributed by atoms with van der Waals surface area (Å²) in [6.07, 6.45) is 8.31. The highest BCUT2D eigenvalue weighted by Crippen LogP contribution is 2.34. The number of hydrogen-bond donors (Lipinski definition) is 2. The first kappa shape index (κ1) is 10.4. The van der Waals surface area contributed by atoms with Gasteiger partial charge in [-0.05, 0) is 24.5 Å². The molecule has 0 amide bonds. The van der Waals surface area contributed by atoms with E-state index in [1.807, 2.05) is 12.3 Å². The minimum absolute atomic E-state index is 0.516. The molecule has 4 N–H and O–H groups in total. The maximum absolute atomic E-state index is 6.01. The number of nitrogens with zero attached hydrogens (tertiary/aromatic N) is 1. The van der Waals surface area contributed by atoms with Gasteiger partial charge in [0, 0.05) is 18.7 Å². The predicted molar refractivity (Wildman–Crippen MR) is 62.4 cm³/mol. The first-order chi connectivity index (χ1) is 7.31. The quantitative estimate of drug-likeness (QED) is 0.777. The van der Waals surface area contributed by atoms with Gasteiger partial charge in [-0.3, -0.25) is 4.98 Å². The molecule has 1 heterocycles. The van der Waals surface area contributed by atoms with E-state index in [1.165, 1.54) is 32.1 Å². The Kier molecular flexibility index (Phi) is 3.21. The Labute approximate surface area is 90.9 Å². The summed E-state index contributed by atoms with van der Waals surface area (Å²) in [5.74, 6) is 0.575. The molecule has 3 nitrogen and oxygen atoms in total. The topological polar surface area (TPSA) is 64.9 Å². The molecule has 0 radical (unpaired) electrons. The number of hydrogen-bond acceptors (Lipinski definition) is 3. The summed E-state index contributed by atoms with van der Waals surface area (Å²) in [5.41, 5.74) is 14.5. The summed E-state index contributed by atoms with van der Waals surface area (Å²) in [6, 6.07) is 1.97. The van der Waals surface area contributed by atoms with Crippen LogP contribution in [0.25, 0.3) is 0 Å². The Hall–Kier alpha value is -1.09. The van der Waals surface area contributed by atoms with Crippen LogP contribution in [-0.2, 0) is 6.54 Å². The van der Waals surface area contributed by atoms with Gasteiger partial charge >= 0.3 is 0 Å². The number of nitrogen functional groups attached to an aromatic ring is 1. The predicted octanol–water partition coefficient (Wildman–Crippen LogP) is 2.17. The van der Waals surface area contributed by atoms with E-state index in [0.717, 1.165) is 16.9 Å². The normalized spacial score (nSPS) is 17.9. The van der Waals surface area contributed by atoms with Crippen molar-refractivity contribution < 1.29 is 0 Å². The highest BCUT2D eigenvalue weighted by atomic mass is 14.8. The Bertz CT molecular complexity index is 330. The van der Waals surface area contributed by atoms with Crippen molar-refractivity contribution in [1.29, 1.82) is 0 Å². The van der Waals surface area contributed by atoms with Crippen molar-refractivity contribution in [1.82, 2.24) is 4.98 Å². The molecular weight excluding hydrogens is 186 g/mol. The molecular formula is C12H19N3. The van der Waals surface area contributed by atoms with Crippen LogP contribution in [0.15, 0.2) is 12.3 Å². The van der Waals surface area contributed by atoms with Gasteiger partial charge < -0.3 is 11.5 Å². The second-order valence-corrected chi connectivity index (χ2v) is 4.36. The second-order valence-electron chi connectivity index (χ2n) is 4.36. The van der Waals surface area contributed by atoms with Gasteiger partial charge in [0.25, 0.3) is 0 Å². The summed E-state index contributed by atoms with van der Waals surface area (Å²) >= 11 is 0. The van der Waals surface area contributed by atoms with Crippen LogP contribution in [-0.4, -0.2) is 4.98 Å². The molecule has 0 saturated heterocycles. The fraction of sp³-hybridized carbons (Fsp3) is 0.583. The molecule has 0 atom stereocenters. The molecule has 0 unspecified atom stereocenters. The Morgan fingerprint density at radius 2 is 2.00 bits per heavy atom. The molecule has 82 valence electrons. The number of pyridine rings is 1. The van der Waals surface area contributed by atoms with E-state index in [2.05, 4.69) is 4.98 Å². The largest absolute Gasteiger partial charge is 0.397 e. The second kappa shape index (κ2) is 4.62. The van der Waals surface area contributed by atoms with Crippen molar-refractivity contribution in [2.45, 2.75) is 44.6 Å². The molecule has 1 aromatic rings. The third-order valence-corrected chi connectivity index (χ3v) is 3.23. The molecule has 1 aliphatic rings. The minimum atomic E-state index is 0.516. The van der Waals surface area contributed by atoms with Crippen molar-refractivity contribution in [2.24, 2.45) is 5.73 Å². The monoisotopic (exact) mass is 205 g/mol. The van der Waals surface area contributed by atoms with E-state index in [-0.39, 0.29) is 0 Å². The molecule has 2 rings (SSSR count). The molecule has 15 heavy (non-hydrogen) atoms. The minimum Gasteiger partial charge on any atom is -0.397 e. The van der Waals surface area contributed by atoms with Crippen molar-refractivity contribution >= 4 is 5.69 Å². The summed E-state index contributed by atoms with van der Waals surface area (Å²) in [5, 5.41) is 0. The summed E-state index contributed by atoms with van der Waals surface area (Å²) in [6.45, 7) is 0.516. The van der Waals surface area contributed by atoms with Gasteiger partial charge in [-0.1, -0.05) is 19.3 Å². The van der Waals surface area contributed by atoms with Crippen LogP contribution in [0.5, 0.6) is 0 Å². The highest BCUT2D eigenvalue weighted by Gasteiger charge is 2.18. The van der Waals surface area contributed by atoms with Gasteiger partial charge in [-0.25, -0.2) is 0 Å². The molecule has 1 saturated carbocycles. The van der Waals surface area contributed by atoms with Crippen LogP contribution in [0.2, 0.25) is 0 Å². The molecule has 0 bridgehead atoms. The van der Waals surface area contributed by atoms with Crippen LogP contribution in [0.1, 0.15) is 49.3 Å². The van der Waals surface area contributed by atoms with E-state index in [4.69, 9.17) is 11.5 Å². The van der Waals surface area contributed by atoms with E-state index in [0.29, 0.717) is 12.5 Å². The number of nitrogens with two attached hydrogens (primary N) is 2. The van der Waals surface area contributed by atoms with E-state index in [9.17, 15) is 0 Å². The SMILES string of the molecule is NCc1cnc(C2CCCCC2)c(N)c1. The average molecular weight is 205 g/mol. The van der Waals surface area contributed by atoms with Gasteiger partial charge in [0.1, 0.15) is 0 Å². The van der Waals surface area contributed by atoms with Crippen molar-refractivity contribution in [3.05, 3.63) is 23.5 Å². The van der Waals surface area contributed by atoms with Crippen molar-refractivity contribution in [3.8, 4) is 0 Å². The number of rotatable bonds is 2. The number of anilines is 1. The smallest absolute Gasteiger partial charge is 0.0663 e. The third kappa shape index (κ3) is 2.29. The van der Waals surface area contributed by atoms with Crippen LogP contribution in [0.3, 0.4) is 0 Å². The van der Waals surface area contributed by atoms with Gasteiger partial charge in [0.15, 0.2) is 0 Å². The fourth-order valence-electron chi connectivity index (χ4n) is 2.37. The van der Waals surface area contributed by atoms with Crippen LogP contribution >= 0.6 is 0 Å². The summed E-state index contributed by atoms with van der Waals surface area (Å²) < 4.78 is 0. The third-order valence-electron chi connectivity index (χ3n) is 3.23. The number of aromatic nitrogens is 1. The first-order valence-corrected chi connectivity index (χ1v) is 5.75. The van der Waals surface area contributed by atoms with E-state index < -0.39 is 0 Å². The lowest BCUT2D eigenvalue weighted by molar-refractivity contribution is 0.437. The molecule has 0 aliphatic heterocycles. The molecule has 0 aromatic carbocycles. The van der Waals surface area contributed by atoms with Gasteiger partial charge in [0.2, 0.25) is 0 Å². The van der Waals surface area contributed by atoms with Crippen molar-refractivity contribution in [3.63, 3.8) is 0 Å². The van der Waals surface area contributed by atoms with E-state index in [1.54, 1.807) is 0 Å². The van der Waals surface area contributed by atoms with Crippen LogP contribution < -0.4 is 11.5 Å². The molecule has 3 heteroatoms. The maximum Gasteiger partial charge on any atom is 0.0663 e. The van der Waals surface area contributed by atoms with Crippen molar-refractivity contribution in [2.75, 3.05) is 5.73 Å². The first-order valence-electron chi connectivity index (χ1n) is 5.75. The average Bonchev–Trinajstić information content (AvgIpc) is 2.30. The van der Waals surface area contributed by atoms with E-state index >= 15 is 0 Å². The van der Waals surface area contributed by atoms with Gasteiger partial charge in [0.05, 0.1) is 11.4 Å². The molecule has 0 spiro atoms. The maximum atomic E-state index is 6.01. The van der Waals surface area contributed by atoms with Crippen LogP contribution in [0.4, 0.5) is 5.69 Å². The molecule has 1 aromatic heterocycles. The Morgan fingerprint density at radius 1 is 1.27 bits per heavy atom. The summed E-state index contributed by atoms with van der Waals surface area (Å²) in [7, 11) is 0. The molecule has 1 fully saturated rings. The summed E-state index contributed by atoms with van der Waals surface area (Å²) in [4.78, 5) is 4.47. The molecule has 1 aliphatic carbocycles. The highest BCUT2D eigenvalue weighted by molar-refractivity contribution is 5.46. The lowest BCUT2D eigenvalue weighted by Crippen LogP contribution is -2.10. The van der Waals surface area contributed by atoms with Gasteiger partial charge in [-0.2, -0.15) is 0 Å².